The van der Waals surface area contributed by atoms with Crippen LogP contribution in [0.3, 0.4) is 0 Å². The molecule has 0 N–H and O–H groups in total. The molecule has 0 radical (unpaired) electrons. The molecule has 0 amide bonds. The fraction of sp³-hybridized carbons (Fsp3) is 0.231. The maximum Gasteiger partial charge on any atom is 4.00 e. The van der Waals surface area contributed by atoms with Gasteiger partial charge in [0.15, 0.2) is 0 Å². The minimum absolute atomic E-state index is 0. The van der Waals surface area contributed by atoms with Crippen LogP contribution in [0.2, 0.25) is 0 Å². The summed E-state index contributed by atoms with van der Waals surface area (Å²) in [6.07, 6.45) is 3.88. The van der Waals surface area contributed by atoms with Crippen molar-refractivity contribution in [3.8, 4) is 0 Å². The Morgan fingerprint density at radius 2 is 1.03 bits per heavy atom. The number of thiocarbonyl (C=S) groups is 2. The van der Waals surface area contributed by atoms with Gasteiger partial charge in [-0.3, -0.25) is 0 Å². The number of hydrogen-bond acceptors (Lipinski definition) is 2. The van der Waals surface area contributed by atoms with E-state index in [1.165, 1.54) is 32.7 Å². The van der Waals surface area contributed by atoms with Gasteiger partial charge in [0.2, 0.25) is 0 Å². The molecule has 0 fully saturated rings. The molecule has 4 aromatic rings. The van der Waals surface area contributed by atoms with Crippen molar-refractivity contribution in [2.75, 3.05) is 0 Å². The van der Waals surface area contributed by atoms with Crippen LogP contribution in [0.4, 0.5) is 0 Å². The van der Waals surface area contributed by atoms with Crippen molar-refractivity contribution in [2.45, 2.75) is 39.5 Å². The largest absolute Gasteiger partial charge is 4.00 e. The molecular formula is C26H26Cl2S2Zr. The van der Waals surface area contributed by atoms with E-state index in [1.54, 1.807) is 0 Å². The Morgan fingerprint density at radius 3 is 1.35 bits per heavy atom. The fourth-order valence-corrected chi connectivity index (χ4v) is 3.67. The minimum Gasteiger partial charge on any atom is -1.00 e. The molecule has 0 saturated carbocycles. The Balaban J connectivity index is 0.000000529. The molecule has 0 nitrogen and oxygen atoms in total. The van der Waals surface area contributed by atoms with Gasteiger partial charge in [-0.25, -0.2) is 0 Å². The second-order valence-corrected chi connectivity index (χ2v) is 8.28. The Hall–Kier alpha value is -0.697. The average molecular weight is 565 g/mol. The molecule has 160 valence electrons. The van der Waals surface area contributed by atoms with E-state index >= 15 is 0 Å². The number of halogens is 2. The predicted molar refractivity (Wildman–Crippen MR) is 132 cm³/mol. The molecule has 0 atom stereocenters. The van der Waals surface area contributed by atoms with Gasteiger partial charge in [-0.15, -0.1) is 81.2 Å². The van der Waals surface area contributed by atoms with Crippen LogP contribution in [0.15, 0.2) is 72.8 Å². The van der Waals surface area contributed by atoms with Crippen LogP contribution in [0, 0.1) is 0 Å². The molecule has 4 aromatic carbocycles. The maximum absolute atomic E-state index is 5.24. The van der Waals surface area contributed by atoms with Gasteiger partial charge < -0.3 is 24.8 Å². The molecule has 0 unspecified atom stereocenters. The minimum atomic E-state index is 0. The Labute approximate surface area is 228 Å². The summed E-state index contributed by atoms with van der Waals surface area (Å²) >= 11 is 10.5. The second kappa shape index (κ2) is 15.2. The zero-order chi connectivity index (χ0) is 19.9. The second-order valence-electron chi connectivity index (χ2n) is 7.12. The topological polar surface area (TPSA) is 0 Å². The first-order valence-electron chi connectivity index (χ1n) is 9.91. The molecule has 0 bridgehead atoms. The summed E-state index contributed by atoms with van der Waals surface area (Å²) in [6.45, 7) is 4.23. The molecule has 31 heavy (non-hydrogen) atoms. The van der Waals surface area contributed by atoms with Gasteiger partial charge in [-0.1, -0.05) is 50.4 Å². The van der Waals surface area contributed by atoms with Crippen molar-refractivity contribution >= 4 is 55.7 Å². The van der Waals surface area contributed by atoms with Gasteiger partial charge in [-0.2, -0.15) is 12.1 Å². The molecule has 5 heteroatoms. The molecule has 0 aromatic heterocycles. The molecule has 0 heterocycles. The summed E-state index contributed by atoms with van der Waals surface area (Å²) in [6, 6.07) is 25.8. The fourth-order valence-electron chi connectivity index (χ4n) is 3.34. The summed E-state index contributed by atoms with van der Waals surface area (Å²) in [7, 11) is 0. The van der Waals surface area contributed by atoms with E-state index in [1.807, 2.05) is 0 Å². The zero-order valence-electron chi connectivity index (χ0n) is 17.8. The van der Waals surface area contributed by atoms with Crippen LogP contribution in [-0.4, -0.2) is 9.73 Å². The summed E-state index contributed by atoms with van der Waals surface area (Å²) < 4.78 is 0. The van der Waals surface area contributed by atoms with E-state index in [9.17, 15) is 0 Å². The summed E-state index contributed by atoms with van der Waals surface area (Å²) in [5.74, 6) is 0. The van der Waals surface area contributed by atoms with E-state index in [0.717, 1.165) is 35.4 Å². The van der Waals surface area contributed by atoms with E-state index in [2.05, 4.69) is 86.6 Å². The molecule has 0 aliphatic heterocycles. The van der Waals surface area contributed by atoms with Gasteiger partial charge in [0, 0.05) is 0 Å². The van der Waals surface area contributed by atoms with Gasteiger partial charge >= 0.3 is 26.2 Å². The van der Waals surface area contributed by atoms with Gasteiger partial charge in [0.25, 0.3) is 0 Å². The third-order valence-electron chi connectivity index (χ3n) is 4.95. The van der Waals surface area contributed by atoms with Crippen LogP contribution in [0.1, 0.15) is 37.8 Å². The Bertz CT molecular complexity index is 941. The summed E-state index contributed by atoms with van der Waals surface area (Å²) in [4.78, 5) is 2.28. The SMILES string of the molecule is CCC(=S)Cc1cc2ccccc2[cH-]1.CCC(=S)Cc1cc2ccccc2[cH-]1.[Cl-].[Cl-].[Zr+4]. The number of fused-ring (bicyclic) bond motifs is 2. The van der Waals surface area contributed by atoms with Crippen molar-refractivity contribution < 1.29 is 51.0 Å². The zero-order valence-corrected chi connectivity index (χ0v) is 23.4. The molecule has 0 spiro atoms. The maximum atomic E-state index is 5.24. The first-order chi connectivity index (χ1) is 13.6. The van der Waals surface area contributed by atoms with Gasteiger partial charge in [0.05, 0.1) is 0 Å². The summed E-state index contributed by atoms with van der Waals surface area (Å²) in [5, 5.41) is 5.28. The van der Waals surface area contributed by atoms with Crippen LogP contribution < -0.4 is 24.8 Å². The third kappa shape index (κ3) is 8.99. The first-order valence-corrected chi connectivity index (χ1v) is 10.7. The number of benzene rings is 2. The van der Waals surface area contributed by atoms with E-state index in [0.29, 0.717) is 0 Å². The smallest absolute Gasteiger partial charge is 1.00 e. The quantitative estimate of drug-likeness (QED) is 0.259. The van der Waals surface area contributed by atoms with E-state index in [-0.39, 0.29) is 51.0 Å². The van der Waals surface area contributed by atoms with Gasteiger partial charge in [0.1, 0.15) is 0 Å². The first kappa shape index (κ1) is 30.3. The Kier molecular flexibility index (Phi) is 14.9. The molecular weight excluding hydrogens is 539 g/mol. The normalized spacial score (nSPS) is 9.61. The molecule has 0 aliphatic carbocycles. The number of rotatable bonds is 6. The van der Waals surface area contributed by atoms with Crippen molar-refractivity contribution in [1.82, 2.24) is 0 Å². The van der Waals surface area contributed by atoms with E-state index in [4.69, 9.17) is 24.4 Å². The van der Waals surface area contributed by atoms with Crippen molar-refractivity contribution in [3.63, 3.8) is 0 Å². The molecule has 0 aliphatic rings. The Morgan fingerprint density at radius 1 is 0.677 bits per heavy atom. The summed E-state index contributed by atoms with van der Waals surface area (Å²) in [5.41, 5.74) is 2.69. The monoisotopic (exact) mass is 562 g/mol. The van der Waals surface area contributed by atoms with Crippen LogP contribution >= 0.6 is 24.4 Å². The average Bonchev–Trinajstić information content (AvgIpc) is 3.30. The standard InChI is InChI=1S/2C13H13S.2ClH.Zr/c2*1-2-13(14)9-10-7-11-5-3-4-6-12(11)8-10;;;/h2*3-8H,2,9H2,1H3;2*1H;/q2*-1;;;+4/p-2. The van der Waals surface area contributed by atoms with Crippen molar-refractivity contribution in [3.05, 3.63) is 83.9 Å². The molecule has 4 rings (SSSR count). The van der Waals surface area contributed by atoms with Crippen LogP contribution in [-0.2, 0) is 39.0 Å². The van der Waals surface area contributed by atoms with Crippen LogP contribution in [0.25, 0.3) is 21.5 Å². The third-order valence-corrected chi connectivity index (χ3v) is 5.81. The van der Waals surface area contributed by atoms with Crippen molar-refractivity contribution in [2.24, 2.45) is 0 Å². The van der Waals surface area contributed by atoms with Crippen molar-refractivity contribution in [1.29, 1.82) is 0 Å². The van der Waals surface area contributed by atoms with Gasteiger partial charge in [-0.05, 0) is 35.4 Å². The van der Waals surface area contributed by atoms with E-state index < -0.39 is 0 Å². The van der Waals surface area contributed by atoms with Crippen LogP contribution in [0.5, 0.6) is 0 Å². The molecule has 0 saturated heterocycles. The predicted octanol–water partition coefficient (Wildman–Crippen LogP) is 1.77. The number of hydrogen-bond donors (Lipinski definition) is 0.